The third kappa shape index (κ3) is 7.87. The predicted molar refractivity (Wildman–Crippen MR) is 149 cm³/mol. The number of hydrogen-bond donors (Lipinski definition) is 4. The number of aromatic nitrogens is 1. The normalized spacial score (nSPS) is 19.2. The number of aliphatic carboxylic acids is 1. The lowest BCUT2D eigenvalue weighted by Crippen LogP contribution is -2.56. The minimum absolute atomic E-state index is 0.0300. The number of likely N-dealkylation sites (tertiary alicyclic amines) is 1. The number of aliphatic hydroxyl groups is 2. The van der Waals surface area contributed by atoms with Gasteiger partial charge in [0.25, 0.3) is 11.8 Å². The van der Waals surface area contributed by atoms with Gasteiger partial charge < -0.3 is 44.8 Å². The quantitative estimate of drug-likeness (QED) is 0.272. The number of nitrogens with one attached hydrogen (secondary N) is 1. The number of fused-ring (bicyclic) bond motifs is 1. The SMILES string of the molecule is CCOC(=O)N1CCN(C(=O)[C@H](CCC(=O)O)NC(=O)c2cc(OCC(=O)N3C[C@@H](O)[C@H](O)C3)c3ccccc3n2)CC1. The fourth-order valence-electron chi connectivity index (χ4n) is 4.89. The number of pyridine rings is 1. The van der Waals surface area contributed by atoms with Crippen molar-refractivity contribution in [3.8, 4) is 5.75 Å². The Morgan fingerprint density at radius 3 is 2.30 bits per heavy atom. The molecule has 0 spiro atoms. The van der Waals surface area contributed by atoms with Crippen LogP contribution in [-0.4, -0.2) is 136 Å². The van der Waals surface area contributed by atoms with E-state index in [9.17, 15) is 39.3 Å². The first-order chi connectivity index (χ1) is 20.6. The monoisotopic (exact) mass is 601 g/mol. The molecule has 4 amide bonds. The first-order valence-electron chi connectivity index (χ1n) is 14.0. The van der Waals surface area contributed by atoms with E-state index in [0.717, 1.165) is 0 Å². The Labute approximate surface area is 247 Å². The molecular weight excluding hydrogens is 566 g/mol. The van der Waals surface area contributed by atoms with Crippen LogP contribution in [0.15, 0.2) is 30.3 Å². The summed E-state index contributed by atoms with van der Waals surface area (Å²) in [6.45, 7) is 2.25. The van der Waals surface area contributed by atoms with Gasteiger partial charge in [0, 0.05) is 57.1 Å². The van der Waals surface area contributed by atoms with E-state index in [1.54, 1.807) is 31.2 Å². The number of β-amino-alcohol motifs (C(OH)–C–C–N with tert-alkyl or cyclic N) is 2. The Morgan fingerprint density at radius 2 is 1.65 bits per heavy atom. The number of nitrogens with zero attached hydrogens (tertiary/aromatic N) is 4. The molecule has 4 rings (SSSR count). The summed E-state index contributed by atoms with van der Waals surface area (Å²) >= 11 is 0. The molecule has 3 atom stereocenters. The number of ether oxygens (including phenoxy) is 2. The summed E-state index contributed by atoms with van der Waals surface area (Å²) in [5.41, 5.74) is 0.265. The molecule has 3 heterocycles. The van der Waals surface area contributed by atoms with Crippen LogP contribution in [0, 0.1) is 0 Å². The minimum atomic E-state index is -1.18. The van der Waals surface area contributed by atoms with E-state index >= 15 is 0 Å². The highest BCUT2D eigenvalue weighted by molar-refractivity contribution is 5.99. The van der Waals surface area contributed by atoms with Crippen molar-refractivity contribution in [3.05, 3.63) is 36.0 Å². The molecule has 0 radical (unpaired) electrons. The highest BCUT2D eigenvalue weighted by atomic mass is 16.6. The zero-order valence-electron chi connectivity index (χ0n) is 23.7. The van der Waals surface area contributed by atoms with Crippen LogP contribution in [0.2, 0.25) is 0 Å². The van der Waals surface area contributed by atoms with Gasteiger partial charge in [0.15, 0.2) is 6.61 Å². The zero-order valence-corrected chi connectivity index (χ0v) is 23.7. The van der Waals surface area contributed by atoms with Gasteiger partial charge in [0.05, 0.1) is 24.3 Å². The molecule has 2 saturated heterocycles. The molecule has 43 heavy (non-hydrogen) atoms. The number of benzene rings is 1. The first-order valence-corrected chi connectivity index (χ1v) is 14.0. The smallest absolute Gasteiger partial charge is 0.409 e. The number of carbonyl (C=O) groups excluding carboxylic acids is 4. The highest BCUT2D eigenvalue weighted by Gasteiger charge is 2.33. The summed E-state index contributed by atoms with van der Waals surface area (Å²) in [7, 11) is 0. The number of piperazine rings is 1. The second-order valence-electron chi connectivity index (χ2n) is 10.2. The molecule has 1 aromatic carbocycles. The fourth-order valence-corrected chi connectivity index (χ4v) is 4.89. The van der Waals surface area contributed by atoms with Gasteiger partial charge in [-0.2, -0.15) is 0 Å². The topological polar surface area (TPSA) is 199 Å². The van der Waals surface area contributed by atoms with E-state index < -0.39 is 54.6 Å². The van der Waals surface area contributed by atoms with Gasteiger partial charge in [-0.15, -0.1) is 0 Å². The van der Waals surface area contributed by atoms with E-state index in [1.807, 2.05) is 0 Å². The molecule has 0 unspecified atom stereocenters. The summed E-state index contributed by atoms with van der Waals surface area (Å²) in [6.07, 6.45) is -3.11. The van der Waals surface area contributed by atoms with Gasteiger partial charge in [-0.25, -0.2) is 9.78 Å². The van der Waals surface area contributed by atoms with Gasteiger partial charge in [-0.1, -0.05) is 12.1 Å². The number of carboxylic acids is 1. The summed E-state index contributed by atoms with van der Waals surface area (Å²) < 4.78 is 10.8. The standard InChI is InChI=1S/C28H35N5O10/c1-2-42-28(41)32-11-9-31(10-12-32)27(40)19(7-8-25(37)38)30-26(39)20-13-23(17-5-3-4-6-18(17)29-20)43-16-24(36)33-14-21(34)22(35)15-33/h3-6,13,19,21-22,34-35H,2,7-12,14-16H2,1H3,(H,30,39)(H,37,38)/t19-,21+,22+/m0/s1. The lowest BCUT2D eigenvalue weighted by molar-refractivity contribution is -0.138. The number of aliphatic hydroxyl groups excluding tert-OH is 2. The van der Waals surface area contributed by atoms with Crippen LogP contribution in [0.3, 0.4) is 0 Å². The molecule has 2 aliphatic heterocycles. The molecule has 4 N–H and O–H groups in total. The molecule has 0 saturated carbocycles. The van der Waals surface area contributed by atoms with Crippen LogP contribution in [0.1, 0.15) is 30.3 Å². The number of carbonyl (C=O) groups is 5. The van der Waals surface area contributed by atoms with Crippen molar-refractivity contribution in [1.29, 1.82) is 0 Å². The molecule has 2 aromatic rings. The Balaban J connectivity index is 1.48. The molecule has 15 nitrogen and oxygen atoms in total. The second-order valence-corrected chi connectivity index (χ2v) is 10.2. The van der Waals surface area contributed by atoms with Crippen molar-refractivity contribution in [2.75, 3.05) is 52.5 Å². The molecule has 2 fully saturated rings. The van der Waals surface area contributed by atoms with Crippen molar-refractivity contribution in [3.63, 3.8) is 0 Å². The van der Waals surface area contributed by atoms with Crippen LogP contribution in [0.4, 0.5) is 4.79 Å². The summed E-state index contributed by atoms with van der Waals surface area (Å²) in [5, 5.41) is 31.8. The van der Waals surface area contributed by atoms with E-state index in [-0.39, 0.29) is 70.2 Å². The fraction of sp³-hybridized carbons (Fsp3) is 0.500. The third-order valence-electron chi connectivity index (χ3n) is 7.24. The van der Waals surface area contributed by atoms with E-state index in [1.165, 1.54) is 20.8 Å². The number of carboxylic acid groups (broad SMARTS) is 1. The largest absolute Gasteiger partial charge is 0.483 e. The molecule has 1 aromatic heterocycles. The second kappa shape index (κ2) is 14.1. The molecule has 232 valence electrons. The van der Waals surface area contributed by atoms with Gasteiger partial charge in [0.2, 0.25) is 5.91 Å². The first kappa shape index (κ1) is 31.4. The molecular formula is C28H35N5O10. The van der Waals surface area contributed by atoms with Crippen LogP contribution in [0.25, 0.3) is 10.9 Å². The number of amides is 4. The summed E-state index contributed by atoms with van der Waals surface area (Å²) in [6, 6.07) is 6.93. The maximum Gasteiger partial charge on any atom is 0.409 e. The van der Waals surface area contributed by atoms with Crippen molar-refractivity contribution in [2.45, 2.75) is 38.0 Å². The Morgan fingerprint density at radius 1 is 1.00 bits per heavy atom. The lowest BCUT2D eigenvalue weighted by Gasteiger charge is -2.35. The van der Waals surface area contributed by atoms with Gasteiger partial charge in [0.1, 0.15) is 17.5 Å². The summed E-state index contributed by atoms with van der Waals surface area (Å²) in [4.78, 5) is 71.2. The van der Waals surface area contributed by atoms with Gasteiger partial charge in [-0.3, -0.25) is 19.2 Å². The molecule has 2 aliphatic rings. The number of rotatable bonds is 10. The lowest BCUT2D eigenvalue weighted by atomic mass is 10.1. The van der Waals surface area contributed by atoms with E-state index in [0.29, 0.717) is 10.9 Å². The zero-order chi connectivity index (χ0) is 31.1. The Hall–Kier alpha value is -4.50. The third-order valence-corrected chi connectivity index (χ3v) is 7.24. The van der Waals surface area contributed by atoms with Gasteiger partial charge >= 0.3 is 12.1 Å². The van der Waals surface area contributed by atoms with Crippen molar-refractivity contribution < 1.29 is 48.8 Å². The average molecular weight is 602 g/mol. The maximum absolute atomic E-state index is 13.4. The molecule has 15 heteroatoms. The number of hydrogen-bond acceptors (Lipinski definition) is 10. The van der Waals surface area contributed by atoms with Crippen LogP contribution >= 0.6 is 0 Å². The highest BCUT2D eigenvalue weighted by Crippen LogP contribution is 2.26. The van der Waals surface area contributed by atoms with Crippen molar-refractivity contribution >= 4 is 40.7 Å². The Bertz CT molecular complexity index is 1350. The average Bonchev–Trinajstić information content (AvgIpc) is 3.34. The molecule has 0 aliphatic carbocycles. The minimum Gasteiger partial charge on any atom is -0.483 e. The predicted octanol–water partition coefficient (Wildman–Crippen LogP) is -0.558. The van der Waals surface area contributed by atoms with Crippen LogP contribution in [-0.2, 0) is 19.1 Å². The van der Waals surface area contributed by atoms with Gasteiger partial charge in [-0.05, 0) is 25.5 Å². The van der Waals surface area contributed by atoms with Crippen molar-refractivity contribution in [1.82, 2.24) is 25.0 Å². The maximum atomic E-state index is 13.4. The van der Waals surface area contributed by atoms with Crippen molar-refractivity contribution in [2.24, 2.45) is 0 Å². The number of para-hydroxylation sites is 1. The molecule has 0 bridgehead atoms. The summed E-state index contributed by atoms with van der Waals surface area (Å²) in [5.74, 6) is -2.67. The van der Waals surface area contributed by atoms with E-state index in [4.69, 9.17) is 9.47 Å². The van der Waals surface area contributed by atoms with E-state index in [2.05, 4.69) is 10.3 Å². The van der Waals surface area contributed by atoms with Crippen LogP contribution < -0.4 is 10.1 Å². The van der Waals surface area contributed by atoms with Crippen LogP contribution in [0.5, 0.6) is 5.75 Å². The Kier molecular flexibility index (Phi) is 10.3.